The molecule has 0 unspecified atom stereocenters. The van der Waals surface area contributed by atoms with Crippen molar-refractivity contribution in [2.45, 2.75) is 39.5 Å². The molecular formula is C26H29NO7S. The molecule has 2 aromatic carbocycles. The summed E-state index contributed by atoms with van der Waals surface area (Å²) in [7, 11) is 0. The zero-order valence-corrected chi connectivity index (χ0v) is 20.7. The van der Waals surface area contributed by atoms with Crippen LogP contribution in [0.5, 0.6) is 5.75 Å². The number of carbonyl (C=O) groups is 4. The van der Waals surface area contributed by atoms with Gasteiger partial charge in [-0.05, 0) is 61.5 Å². The number of hydrogen-bond acceptors (Lipinski definition) is 8. The summed E-state index contributed by atoms with van der Waals surface area (Å²) in [5.74, 6) is -1.64. The van der Waals surface area contributed by atoms with Gasteiger partial charge in [-0.1, -0.05) is 43.2 Å². The van der Waals surface area contributed by atoms with E-state index in [1.165, 1.54) is 0 Å². The van der Waals surface area contributed by atoms with Crippen molar-refractivity contribution in [3.8, 4) is 5.75 Å². The van der Waals surface area contributed by atoms with Crippen LogP contribution in [0.3, 0.4) is 0 Å². The number of nitrogens with one attached hydrogen (secondary N) is 1. The smallest absolute Gasteiger partial charge is 0.320 e. The zero-order valence-electron chi connectivity index (χ0n) is 19.8. The monoisotopic (exact) mass is 499 g/mol. The first-order chi connectivity index (χ1) is 16.9. The molecule has 0 spiro atoms. The second-order valence-corrected chi connectivity index (χ2v) is 8.82. The summed E-state index contributed by atoms with van der Waals surface area (Å²) in [6, 6.07) is 11.4. The van der Waals surface area contributed by atoms with Crippen molar-refractivity contribution in [1.82, 2.24) is 5.32 Å². The second-order valence-electron chi connectivity index (χ2n) is 7.81. The molecule has 0 aromatic heterocycles. The minimum atomic E-state index is -0.892. The topological polar surface area (TPSA) is 108 Å². The van der Waals surface area contributed by atoms with Crippen molar-refractivity contribution in [3.05, 3.63) is 46.9 Å². The average molecular weight is 500 g/mol. The van der Waals surface area contributed by atoms with Gasteiger partial charge in [-0.2, -0.15) is 0 Å². The molecule has 0 bridgehead atoms. The van der Waals surface area contributed by atoms with Crippen molar-refractivity contribution in [3.63, 3.8) is 0 Å². The molecule has 8 nitrogen and oxygen atoms in total. The number of unbranched alkanes of at least 4 members (excludes halogenated alkanes) is 2. The highest BCUT2D eigenvalue weighted by molar-refractivity contribution is 8.18. The summed E-state index contributed by atoms with van der Waals surface area (Å²) >= 11 is 0.886. The van der Waals surface area contributed by atoms with Gasteiger partial charge in [0.25, 0.3) is 11.1 Å². The summed E-state index contributed by atoms with van der Waals surface area (Å²) in [5.41, 5.74) is 0.823. The molecule has 1 aliphatic rings. The van der Waals surface area contributed by atoms with Gasteiger partial charge >= 0.3 is 11.9 Å². The predicted molar refractivity (Wildman–Crippen MR) is 134 cm³/mol. The van der Waals surface area contributed by atoms with Crippen LogP contribution in [0.1, 0.15) is 45.1 Å². The Morgan fingerprint density at radius 3 is 2.26 bits per heavy atom. The van der Waals surface area contributed by atoms with Crippen molar-refractivity contribution in [2.24, 2.45) is 5.92 Å². The van der Waals surface area contributed by atoms with Crippen LogP contribution in [0.2, 0.25) is 0 Å². The van der Waals surface area contributed by atoms with E-state index in [-0.39, 0.29) is 18.5 Å². The lowest BCUT2D eigenvalue weighted by Crippen LogP contribution is -2.28. The van der Waals surface area contributed by atoms with Gasteiger partial charge in [0.15, 0.2) is 5.92 Å². The Bertz CT molecular complexity index is 1110. The van der Waals surface area contributed by atoms with Crippen LogP contribution in [0.25, 0.3) is 16.8 Å². The number of benzene rings is 2. The van der Waals surface area contributed by atoms with E-state index in [1.54, 1.807) is 19.9 Å². The van der Waals surface area contributed by atoms with Crippen molar-refractivity contribution >= 4 is 51.7 Å². The van der Waals surface area contributed by atoms with E-state index in [0.717, 1.165) is 46.7 Å². The van der Waals surface area contributed by atoms with Crippen molar-refractivity contribution in [2.75, 3.05) is 19.8 Å². The molecule has 0 aliphatic carbocycles. The SMILES string of the molecule is CCOC(=O)C(CCCCCOc1ccc(/C=C2\SC(=O)NC2=O)c2ccccc12)C(=O)OCC. The number of carbonyl (C=O) groups excluding carboxylic acids is 4. The highest BCUT2D eigenvalue weighted by atomic mass is 32.2. The molecule has 2 amide bonds. The highest BCUT2D eigenvalue weighted by Gasteiger charge is 2.29. The molecule has 0 atom stereocenters. The Morgan fingerprint density at radius 2 is 1.63 bits per heavy atom. The number of esters is 2. The van der Waals surface area contributed by atoms with Crippen LogP contribution in [-0.2, 0) is 23.9 Å². The number of hydrogen-bond donors (Lipinski definition) is 1. The lowest BCUT2D eigenvalue weighted by Gasteiger charge is -2.14. The molecule has 0 radical (unpaired) electrons. The van der Waals surface area contributed by atoms with Crippen LogP contribution in [0, 0.1) is 5.92 Å². The first-order valence-corrected chi connectivity index (χ1v) is 12.5. The van der Waals surface area contributed by atoms with Gasteiger partial charge in [-0.15, -0.1) is 0 Å². The molecule has 2 aromatic rings. The van der Waals surface area contributed by atoms with Gasteiger partial charge in [0.1, 0.15) is 5.75 Å². The van der Waals surface area contributed by atoms with Crippen LogP contribution < -0.4 is 10.1 Å². The second kappa shape index (κ2) is 12.9. The Morgan fingerprint density at radius 1 is 0.943 bits per heavy atom. The molecule has 1 aliphatic heterocycles. The fourth-order valence-corrected chi connectivity index (χ4v) is 4.41. The summed E-state index contributed by atoms with van der Waals surface area (Å²) < 4.78 is 16.0. The molecule has 3 rings (SSSR count). The summed E-state index contributed by atoms with van der Waals surface area (Å²) in [4.78, 5) is 47.9. The molecule has 1 saturated heterocycles. The molecule has 35 heavy (non-hydrogen) atoms. The quantitative estimate of drug-likeness (QED) is 0.191. The number of thioether (sulfide) groups is 1. The highest BCUT2D eigenvalue weighted by Crippen LogP contribution is 2.32. The van der Waals surface area contributed by atoms with E-state index in [2.05, 4.69) is 5.32 Å². The Kier molecular flexibility index (Phi) is 9.72. The summed E-state index contributed by atoms with van der Waals surface area (Å²) in [6.45, 7) is 4.32. The van der Waals surface area contributed by atoms with Crippen molar-refractivity contribution in [1.29, 1.82) is 0 Å². The Hall–Kier alpha value is -3.33. The van der Waals surface area contributed by atoms with E-state index in [1.807, 2.05) is 36.4 Å². The van der Waals surface area contributed by atoms with E-state index >= 15 is 0 Å². The fourth-order valence-electron chi connectivity index (χ4n) is 3.74. The first kappa shape index (κ1) is 26.3. The third kappa shape index (κ3) is 7.08. The maximum atomic E-state index is 12.1. The van der Waals surface area contributed by atoms with Gasteiger partial charge in [-0.3, -0.25) is 24.5 Å². The molecule has 1 fully saturated rings. The first-order valence-electron chi connectivity index (χ1n) is 11.7. The average Bonchev–Trinajstić information content (AvgIpc) is 3.16. The Labute approximate surface area is 208 Å². The van der Waals surface area contributed by atoms with Crippen LogP contribution in [0.15, 0.2) is 41.3 Å². The summed E-state index contributed by atoms with van der Waals surface area (Å²) in [5, 5.41) is 3.71. The molecule has 0 saturated carbocycles. The maximum absolute atomic E-state index is 12.1. The minimum Gasteiger partial charge on any atom is -0.493 e. The normalized spacial score (nSPS) is 14.4. The largest absolute Gasteiger partial charge is 0.493 e. The van der Waals surface area contributed by atoms with Gasteiger partial charge in [0.05, 0.1) is 24.7 Å². The number of ether oxygens (including phenoxy) is 3. The summed E-state index contributed by atoms with van der Waals surface area (Å²) in [6.07, 6.45) is 4.27. The van der Waals surface area contributed by atoms with E-state index in [4.69, 9.17) is 14.2 Å². The minimum absolute atomic E-state index is 0.219. The number of fused-ring (bicyclic) bond motifs is 1. The molecule has 9 heteroatoms. The van der Waals surface area contributed by atoms with E-state index in [9.17, 15) is 19.2 Å². The zero-order chi connectivity index (χ0) is 25.2. The predicted octanol–water partition coefficient (Wildman–Crippen LogP) is 4.85. The lowest BCUT2D eigenvalue weighted by molar-refractivity contribution is -0.162. The molecular weight excluding hydrogens is 470 g/mol. The van der Waals surface area contributed by atoms with E-state index < -0.39 is 23.8 Å². The molecule has 1 N–H and O–H groups in total. The van der Waals surface area contributed by atoms with Crippen LogP contribution in [-0.4, -0.2) is 42.9 Å². The number of amides is 2. The van der Waals surface area contributed by atoms with Crippen LogP contribution in [0.4, 0.5) is 4.79 Å². The third-order valence-electron chi connectivity index (χ3n) is 5.38. The Balaban J connectivity index is 1.57. The van der Waals surface area contributed by atoms with Crippen molar-refractivity contribution < 1.29 is 33.4 Å². The van der Waals surface area contributed by atoms with E-state index in [0.29, 0.717) is 24.4 Å². The number of imide groups is 1. The third-order valence-corrected chi connectivity index (χ3v) is 6.19. The number of rotatable bonds is 12. The molecule has 1 heterocycles. The lowest BCUT2D eigenvalue weighted by atomic mass is 10.0. The van der Waals surface area contributed by atoms with Crippen LogP contribution >= 0.6 is 11.8 Å². The standard InChI is InChI=1S/C26H29NO7S/c1-3-32-24(29)20(25(30)33-4-2)12-6-5-9-15-34-21-14-13-17(18-10-7-8-11-19(18)21)16-22-23(28)27-26(31)35-22/h7-8,10-11,13-14,16,20H,3-6,9,12,15H2,1-2H3,(H,27,28,31)/b22-16-. The fraction of sp³-hybridized carbons (Fsp3) is 0.385. The van der Waals surface area contributed by atoms with Gasteiger partial charge in [-0.25, -0.2) is 0 Å². The maximum Gasteiger partial charge on any atom is 0.320 e. The van der Waals surface area contributed by atoms with Gasteiger partial charge in [0, 0.05) is 5.39 Å². The van der Waals surface area contributed by atoms with Gasteiger partial charge < -0.3 is 14.2 Å². The van der Waals surface area contributed by atoms with Gasteiger partial charge in [0.2, 0.25) is 0 Å². The molecule has 186 valence electrons.